The van der Waals surface area contributed by atoms with E-state index < -0.39 is 53.4 Å². The van der Waals surface area contributed by atoms with Crippen LogP contribution in [0.4, 0.5) is 0 Å². The van der Waals surface area contributed by atoms with Crippen LogP contribution in [-0.4, -0.2) is 99.4 Å². The summed E-state index contributed by atoms with van der Waals surface area (Å²) < 4.78 is 0. The van der Waals surface area contributed by atoms with Crippen LogP contribution in [-0.2, 0) is 0 Å². The van der Waals surface area contributed by atoms with Crippen molar-refractivity contribution in [3.8, 4) is 0 Å². The van der Waals surface area contributed by atoms with E-state index in [2.05, 4.69) is 91.8 Å². The summed E-state index contributed by atoms with van der Waals surface area (Å²) >= 11 is 0. The van der Waals surface area contributed by atoms with Gasteiger partial charge in [-0.1, -0.05) is 170 Å². The second-order valence-corrected chi connectivity index (χ2v) is 35.5. The van der Waals surface area contributed by atoms with Gasteiger partial charge in [-0.15, -0.1) is 0 Å². The standard InChI is InChI=1S/2C28H48O3.C28H46O3/c3*1-6-22-25(29)17-20(18-26(22)30)11-12-21-10-8-16-28(5)23(13-14-24(21)28)19(2)9-7-15-27(3,4)31/h2*11-12,19,22-26,29-31H,6-10,13-18H2,1-5H3;6,11-12,19,23-26,29-31H,7-10,13-18H2,1-5H3/b2*20-11?,21-12+;20-11?,21-12+,22-6?/t2*19?,22?,23?,24?,25-,26-,28-;19?,23?,24?,25-,26-,28-/m111/s1. The highest BCUT2D eigenvalue weighted by molar-refractivity contribution is 5.32. The summed E-state index contributed by atoms with van der Waals surface area (Å²) in [5, 5.41) is 92.5. The third-order valence-electron chi connectivity index (χ3n) is 26.9. The van der Waals surface area contributed by atoms with Gasteiger partial charge in [0.2, 0.25) is 0 Å². The molecule has 0 spiro atoms. The van der Waals surface area contributed by atoms with Gasteiger partial charge in [0, 0.05) is 11.8 Å². The Labute approximate surface area is 568 Å². The average Bonchev–Trinajstić information content (AvgIpc) is 1.64. The Morgan fingerprint density at radius 3 is 0.935 bits per heavy atom. The minimum Gasteiger partial charge on any atom is -0.392 e. The van der Waals surface area contributed by atoms with Crippen LogP contribution < -0.4 is 0 Å². The van der Waals surface area contributed by atoms with Gasteiger partial charge < -0.3 is 46.0 Å². The maximum Gasteiger partial charge on any atom is 0.0812 e. The first-order chi connectivity index (χ1) is 43.6. The second kappa shape index (κ2) is 33.8. The summed E-state index contributed by atoms with van der Waals surface area (Å²) in [5.74, 6) is 6.54. The average molecular weight is 1300 g/mol. The van der Waals surface area contributed by atoms with E-state index in [0.717, 1.165) is 74.7 Å². The smallest absolute Gasteiger partial charge is 0.0812 e. The molecule has 0 heterocycles. The van der Waals surface area contributed by atoms with Gasteiger partial charge in [-0.2, -0.15) is 0 Å². The lowest BCUT2D eigenvalue weighted by Gasteiger charge is -2.44. The van der Waals surface area contributed by atoms with Crippen LogP contribution in [0.2, 0.25) is 0 Å². The number of rotatable bonds is 20. The molecule has 0 saturated heterocycles. The van der Waals surface area contributed by atoms with Crippen LogP contribution in [0.15, 0.2) is 81.5 Å². The molecule has 18 atom stereocenters. The first-order valence-electron chi connectivity index (χ1n) is 38.7. The molecule has 0 bridgehead atoms. The molecule has 9 N–H and O–H groups in total. The number of allylic oxidation sites excluding steroid dienone is 10. The van der Waals surface area contributed by atoms with Gasteiger partial charge in [0.1, 0.15) is 0 Å². The van der Waals surface area contributed by atoms with E-state index in [0.29, 0.717) is 90.3 Å². The van der Waals surface area contributed by atoms with Crippen molar-refractivity contribution in [2.24, 2.45) is 81.3 Å². The zero-order chi connectivity index (χ0) is 68.4. The normalized spacial score (nSPS) is 38.1. The fourth-order valence-electron chi connectivity index (χ4n) is 21.8. The van der Waals surface area contributed by atoms with Gasteiger partial charge in [0.15, 0.2) is 0 Å². The summed E-state index contributed by atoms with van der Waals surface area (Å²) in [5.41, 5.74) is 8.69. The van der Waals surface area contributed by atoms with E-state index >= 15 is 0 Å². The molecular weight excluding hydrogens is 1150 g/mol. The van der Waals surface area contributed by atoms with Gasteiger partial charge in [-0.3, -0.25) is 0 Å². The monoisotopic (exact) mass is 1300 g/mol. The summed E-state index contributed by atoms with van der Waals surface area (Å²) in [6.45, 7) is 32.5. The van der Waals surface area contributed by atoms with Crippen LogP contribution >= 0.6 is 0 Å². The molecule has 9 nitrogen and oxygen atoms in total. The summed E-state index contributed by atoms with van der Waals surface area (Å²) in [6, 6.07) is 0. The Morgan fingerprint density at radius 2 is 0.688 bits per heavy atom. The molecule has 9 rings (SSSR count). The first-order valence-corrected chi connectivity index (χ1v) is 38.7. The fourth-order valence-corrected chi connectivity index (χ4v) is 21.8. The summed E-state index contributed by atoms with van der Waals surface area (Å²) in [6.07, 6.45) is 47.6. The topological polar surface area (TPSA) is 182 Å². The van der Waals surface area contributed by atoms with E-state index in [1.165, 1.54) is 132 Å². The maximum absolute atomic E-state index is 10.4. The van der Waals surface area contributed by atoms with Crippen molar-refractivity contribution in [3.05, 3.63) is 81.5 Å². The number of hydrogen-bond acceptors (Lipinski definition) is 9. The minimum atomic E-state index is -0.552. The lowest BCUT2D eigenvalue weighted by Crippen LogP contribution is -2.36. The van der Waals surface area contributed by atoms with Crippen LogP contribution in [0.1, 0.15) is 309 Å². The van der Waals surface area contributed by atoms with E-state index in [9.17, 15) is 46.0 Å². The number of fused-ring (bicyclic) bond motifs is 3. The second-order valence-electron chi connectivity index (χ2n) is 35.5. The Bertz CT molecular complexity index is 2420. The quantitative estimate of drug-likeness (QED) is 0.0536. The van der Waals surface area contributed by atoms with Crippen molar-refractivity contribution in [1.29, 1.82) is 0 Å². The molecule has 9 saturated carbocycles. The van der Waals surface area contributed by atoms with E-state index in [1.807, 2.05) is 54.5 Å². The summed E-state index contributed by atoms with van der Waals surface area (Å²) in [4.78, 5) is 0. The van der Waals surface area contributed by atoms with Crippen molar-refractivity contribution in [3.63, 3.8) is 0 Å². The minimum absolute atomic E-state index is 0.0243. The molecule has 9 fully saturated rings. The molecule has 532 valence electrons. The highest BCUT2D eigenvalue weighted by Crippen LogP contribution is 2.63. The van der Waals surface area contributed by atoms with Crippen molar-refractivity contribution in [2.75, 3.05) is 0 Å². The summed E-state index contributed by atoms with van der Waals surface area (Å²) in [7, 11) is 0. The van der Waals surface area contributed by atoms with Crippen molar-refractivity contribution >= 4 is 0 Å². The number of aliphatic hydroxyl groups excluding tert-OH is 6. The molecule has 0 aromatic carbocycles. The van der Waals surface area contributed by atoms with E-state index in [4.69, 9.17) is 0 Å². The van der Waals surface area contributed by atoms with Crippen molar-refractivity contribution in [2.45, 2.75) is 363 Å². The molecule has 0 aliphatic heterocycles. The zero-order valence-electron chi connectivity index (χ0n) is 62.0. The molecule has 93 heavy (non-hydrogen) atoms. The van der Waals surface area contributed by atoms with Gasteiger partial charge in [-0.05, 0) is 290 Å². The maximum atomic E-state index is 10.4. The molecular formula is C84H142O9. The largest absolute Gasteiger partial charge is 0.392 e. The predicted octanol–water partition coefficient (Wildman–Crippen LogP) is 18.4. The number of hydrogen-bond donors (Lipinski definition) is 9. The molecule has 0 aromatic rings. The Balaban J connectivity index is 0.000000198. The van der Waals surface area contributed by atoms with Crippen LogP contribution in [0.3, 0.4) is 0 Å². The van der Waals surface area contributed by atoms with Gasteiger partial charge >= 0.3 is 0 Å². The molecule has 0 radical (unpaired) electrons. The third-order valence-corrected chi connectivity index (χ3v) is 26.9. The van der Waals surface area contributed by atoms with Crippen LogP contribution in [0.5, 0.6) is 0 Å². The van der Waals surface area contributed by atoms with E-state index in [-0.39, 0.29) is 11.8 Å². The molecule has 9 heteroatoms. The zero-order valence-corrected chi connectivity index (χ0v) is 62.0. The third kappa shape index (κ3) is 20.5. The van der Waals surface area contributed by atoms with Crippen LogP contribution in [0.25, 0.3) is 0 Å². The Hall–Kier alpha value is -2.18. The first kappa shape index (κ1) is 78.2. The number of aliphatic hydroxyl groups is 9. The lowest BCUT2D eigenvalue weighted by atomic mass is 9.60. The van der Waals surface area contributed by atoms with Gasteiger partial charge in [0.05, 0.1) is 53.4 Å². The molecule has 9 aliphatic rings. The SMILES string of the molecule is CC=C1[C@H](O)CC(=C/C=C2\CCC[C@@]3(C)C2CCC3C(C)CCCC(C)(C)O)C[C@H]1O.CCC1[C@H](O)CC(=C/C=C2\CCC[C@@]3(C)C2CCC3C(C)CCCC(C)(C)O)C[C@H]1O.CCC1[C@H](O)CC(=C/C=C2\CCC[C@@]3(C)C2CCC3C(C)CCCC(C)(C)O)C[C@H]1O. The van der Waals surface area contributed by atoms with Crippen molar-refractivity contribution in [1.82, 2.24) is 0 Å². The highest BCUT2D eigenvalue weighted by Gasteiger charge is 2.53. The Kier molecular flexibility index (Phi) is 28.4. The molecule has 9 aliphatic carbocycles. The van der Waals surface area contributed by atoms with Crippen molar-refractivity contribution < 1.29 is 46.0 Å². The Morgan fingerprint density at radius 1 is 0.419 bits per heavy atom. The highest BCUT2D eigenvalue weighted by atomic mass is 16.3. The lowest BCUT2D eigenvalue weighted by molar-refractivity contribution is -0.00752. The molecule has 0 aromatic heterocycles. The predicted molar refractivity (Wildman–Crippen MR) is 386 cm³/mol. The van der Waals surface area contributed by atoms with E-state index in [1.54, 1.807) is 16.7 Å². The molecule has 0 amide bonds. The van der Waals surface area contributed by atoms with Gasteiger partial charge in [-0.25, -0.2) is 0 Å². The molecule has 9 unspecified atom stereocenters. The fraction of sp³-hybridized carbons (Fsp3) is 0.833. The van der Waals surface area contributed by atoms with Gasteiger partial charge in [0.25, 0.3) is 0 Å². The van der Waals surface area contributed by atoms with Crippen LogP contribution in [0, 0.1) is 81.3 Å².